The summed E-state index contributed by atoms with van der Waals surface area (Å²) < 4.78 is 15.3. The molecule has 3 aromatic heterocycles. The summed E-state index contributed by atoms with van der Waals surface area (Å²) in [7, 11) is 0. The lowest BCUT2D eigenvalue weighted by molar-refractivity contribution is 0.102. The second-order valence-electron chi connectivity index (χ2n) is 7.74. The molecule has 158 valence electrons. The number of nitrogens with one attached hydrogen (secondary N) is 2. The Morgan fingerprint density at radius 1 is 1.16 bits per heavy atom. The van der Waals surface area contributed by atoms with Crippen molar-refractivity contribution in [2.24, 2.45) is 0 Å². The Labute approximate surface area is 176 Å². The molecule has 4 aromatic rings. The van der Waals surface area contributed by atoms with Crippen LogP contribution >= 0.6 is 0 Å². The van der Waals surface area contributed by atoms with Crippen molar-refractivity contribution in [3.8, 4) is 0 Å². The smallest absolute Gasteiger partial charge is 0.257 e. The van der Waals surface area contributed by atoms with E-state index in [2.05, 4.69) is 54.9 Å². The average Bonchev–Trinajstić information content (AvgIpc) is 3.21. The Bertz CT molecular complexity index is 1280. The van der Waals surface area contributed by atoms with Crippen molar-refractivity contribution < 1.29 is 9.18 Å². The lowest BCUT2D eigenvalue weighted by Gasteiger charge is -2.38. The molecule has 10 nitrogen and oxygen atoms in total. The van der Waals surface area contributed by atoms with Gasteiger partial charge in [-0.25, -0.2) is 4.39 Å². The number of nitrogens with zero attached hydrogens (tertiary/aromatic N) is 7. The van der Waals surface area contributed by atoms with E-state index in [0.29, 0.717) is 28.7 Å². The third-order valence-corrected chi connectivity index (χ3v) is 5.25. The number of halogens is 1. The molecule has 0 radical (unpaired) electrons. The zero-order valence-corrected chi connectivity index (χ0v) is 16.9. The fourth-order valence-electron chi connectivity index (χ4n) is 4.08. The van der Waals surface area contributed by atoms with E-state index in [0.717, 1.165) is 18.8 Å². The molecule has 0 saturated carbocycles. The lowest BCUT2D eigenvalue weighted by atomic mass is 10.1. The van der Waals surface area contributed by atoms with E-state index >= 15 is 0 Å². The van der Waals surface area contributed by atoms with Crippen LogP contribution in [0.15, 0.2) is 36.8 Å². The van der Waals surface area contributed by atoms with E-state index < -0.39 is 11.7 Å². The Morgan fingerprint density at radius 2 is 1.90 bits per heavy atom. The highest BCUT2D eigenvalue weighted by molar-refractivity contribution is 6.13. The van der Waals surface area contributed by atoms with Gasteiger partial charge in [-0.05, 0) is 36.4 Å². The van der Waals surface area contributed by atoms with E-state index in [1.807, 2.05) is 6.07 Å². The van der Waals surface area contributed by atoms with Crippen molar-refractivity contribution in [3.63, 3.8) is 0 Å². The van der Waals surface area contributed by atoms with Crippen LogP contribution in [-0.2, 0) is 0 Å². The molecule has 4 heterocycles. The van der Waals surface area contributed by atoms with Crippen molar-refractivity contribution in [1.29, 1.82) is 0 Å². The largest absolute Gasteiger partial charge is 0.367 e. The number of benzene rings is 1. The van der Waals surface area contributed by atoms with E-state index in [4.69, 9.17) is 0 Å². The van der Waals surface area contributed by atoms with E-state index in [9.17, 15) is 9.18 Å². The van der Waals surface area contributed by atoms with Gasteiger partial charge in [0, 0.05) is 43.6 Å². The standard InChI is InChI=1S/C20H20FN9O/c1-11-8-29(9-12(2)24-11)16-4-3-14(17-18(16)23-6-5-22-17)20(31)25-13-7-15(21)19-26-27-28-30(19)10-13/h3-7,10-12,24H,8-9H2,1-2H3,(H,25,31)/t11-,12-/m1/s1. The second kappa shape index (κ2) is 7.51. The number of carbonyl (C=O) groups excluding carboxylic acids is 1. The normalized spacial score (nSPS) is 19.1. The summed E-state index contributed by atoms with van der Waals surface area (Å²) in [6, 6.07) is 5.45. The maximum atomic E-state index is 14.2. The van der Waals surface area contributed by atoms with Gasteiger partial charge in [-0.15, -0.1) is 5.10 Å². The van der Waals surface area contributed by atoms with Crippen LogP contribution in [-0.4, -0.2) is 61.1 Å². The molecule has 1 aliphatic rings. The minimum atomic E-state index is -0.634. The van der Waals surface area contributed by atoms with Gasteiger partial charge in [0.1, 0.15) is 11.0 Å². The summed E-state index contributed by atoms with van der Waals surface area (Å²) in [6.45, 7) is 5.93. The van der Waals surface area contributed by atoms with Crippen molar-refractivity contribution >= 4 is 34.0 Å². The van der Waals surface area contributed by atoms with Crippen LogP contribution in [0.25, 0.3) is 16.7 Å². The van der Waals surface area contributed by atoms with E-state index in [1.165, 1.54) is 16.8 Å². The summed E-state index contributed by atoms with van der Waals surface area (Å²) in [6.07, 6.45) is 4.62. The molecule has 31 heavy (non-hydrogen) atoms. The molecule has 1 aromatic carbocycles. The van der Waals surface area contributed by atoms with Crippen LogP contribution in [0.4, 0.5) is 15.8 Å². The number of rotatable bonds is 3. The molecule has 0 bridgehead atoms. The van der Waals surface area contributed by atoms with Gasteiger partial charge in [0.15, 0.2) is 5.82 Å². The van der Waals surface area contributed by atoms with E-state index in [1.54, 1.807) is 18.5 Å². The van der Waals surface area contributed by atoms with Crippen LogP contribution in [0.3, 0.4) is 0 Å². The minimum absolute atomic E-state index is 0.0156. The van der Waals surface area contributed by atoms with Gasteiger partial charge in [0.05, 0.1) is 23.1 Å². The third kappa shape index (κ3) is 3.52. The van der Waals surface area contributed by atoms with Crippen molar-refractivity contribution in [1.82, 2.24) is 35.3 Å². The summed E-state index contributed by atoms with van der Waals surface area (Å²) in [5, 5.41) is 16.9. The molecular weight excluding hydrogens is 401 g/mol. The molecule has 1 aliphatic heterocycles. The molecule has 5 rings (SSSR count). The summed E-state index contributed by atoms with van der Waals surface area (Å²) in [5.74, 6) is -1.06. The van der Waals surface area contributed by atoms with Crippen LogP contribution in [0.1, 0.15) is 24.2 Å². The Balaban J connectivity index is 1.50. The first-order valence-corrected chi connectivity index (χ1v) is 9.93. The first-order chi connectivity index (χ1) is 15.0. The van der Waals surface area contributed by atoms with Gasteiger partial charge >= 0.3 is 0 Å². The molecule has 11 heteroatoms. The molecular formula is C20H20FN9O. The summed E-state index contributed by atoms with van der Waals surface area (Å²) >= 11 is 0. The predicted octanol–water partition coefficient (Wildman–Crippen LogP) is 1.65. The molecule has 2 atom stereocenters. The topological polar surface area (TPSA) is 113 Å². The maximum Gasteiger partial charge on any atom is 0.257 e. The van der Waals surface area contributed by atoms with Gasteiger partial charge < -0.3 is 15.5 Å². The highest BCUT2D eigenvalue weighted by atomic mass is 19.1. The van der Waals surface area contributed by atoms with Crippen molar-refractivity contribution in [2.45, 2.75) is 25.9 Å². The van der Waals surface area contributed by atoms with Crippen LogP contribution in [0, 0.1) is 5.82 Å². The number of aromatic nitrogens is 6. The summed E-state index contributed by atoms with van der Waals surface area (Å²) in [5.41, 5.74) is 2.63. The highest BCUT2D eigenvalue weighted by Crippen LogP contribution is 2.28. The monoisotopic (exact) mass is 421 g/mol. The first-order valence-electron chi connectivity index (χ1n) is 9.93. The minimum Gasteiger partial charge on any atom is -0.367 e. The molecule has 0 aliphatic carbocycles. The van der Waals surface area contributed by atoms with Gasteiger partial charge in [-0.1, -0.05) is 0 Å². The number of pyridine rings is 1. The molecule has 0 unspecified atom stereocenters. The second-order valence-corrected chi connectivity index (χ2v) is 7.74. The molecule has 1 fully saturated rings. The molecule has 0 spiro atoms. The Morgan fingerprint density at radius 3 is 2.68 bits per heavy atom. The predicted molar refractivity (Wildman–Crippen MR) is 113 cm³/mol. The van der Waals surface area contributed by atoms with Crippen LogP contribution in [0.2, 0.25) is 0 Å². The number of fused-ring (bicyclic) bond motifs is 2. The zero-order valence-electron chi connectivity index (χ0n) is 16.9. The lowest BCUT2D eigenvalue weighted by Crippen LogP contribution is -2.54. The van der Waals surface area contributed by atoms with Gasteiger partial charge in [-0.2, -0.15) is 4.52 Å². The number of tetrazole rings is 1. The molecule has 2 N–H and O–H groups in total. The summed E-state index contributed by atoms with van der Waals surface area (Å²) in [4.78, 5) is 24.2. The first kappa shape index (κ1) is 19.2. The number of anilines is 2. The number of hydrogen-bond donors (Lipinski definition) is 2. The van der Waals surface area contributed by atoms with Crippen molar-refractivity contribution in [3.05, 3.63) is 48.2 Å². The SMILES string of the molecule is C[C@@H]1CN(c2ccc(C(=O)Nc3cc(F)c4nnnn4c3)c3nccnc23)C[C@@H](C)N1. The Hall–Kier alpha value is -3.73. The number of carbonyl (C=O) groups is 1. The third-order valence-electron chi connectivity index (χ3n) is 5.25. The van der Waals surface area contributed by atoms with Gasteiger partial charge in [0.25, 0.3) is 5.91 Å². The highest BCUT2D eigenvalue weighted by Gasteiger charge is 2.24. The maximum absolute atomic E-state index is 14.2. The average molecular weight is 421 g/mol. The molecule has 1 saturated heterocycles. The fourth-order valence-corrected chi connectivity index (χ4v) is 4.08. The number of hydrogen-bond acceptors (Lipinski definition) is 8. The fraction of sp³-hybridized carbons (Fsp3) is 0.300. The Kier molecular flexibility index (Phi) is 4.66. The zero-order chi connectivity index (χ0) is 21.5. The number of piperazine rings is 1. The van der Waals surface area contributed by atoms with Gasteiger partial charge in [0.2, 0.25) is 5.65 Å². The van der Waals surface area contributed by atoms with Crippen molar-refractivity contribution in [2.75, 3.05) is 23.3 Å². The van der Waals surface area contributed by atoms with E-state index in [-0.39, 0.29) is 11.3 Å². The molecule has 1 amide bonds. The quantitative estimate of drug-likeness (QED) is 0.513. The number of amides is 1. The van der Waals surface area contributed by atoms with Crippen LogP contribution in [0.5, 0.6) is 0 Å². The van der Waals surface area contributed by atoms with Crippen LogP contribution < -0.4 is 15.5 Å². The van der Waals surface area contributed by atoms with Gasteiger partial charge in [-0.3, -0.25) is 14.8 Å².